The van der Waals surface area contributed by atoms with Crippen molar-refractivity contribution in [3.05, 3.63) is 33.9 Å². The summed E-state index contributed by atoms with van der Waals surface area (Å²) in [6, 6.07) is 4.83. The quantitative estimate of drug-likeness (QED) is 0.470. The van der Waals surface area contributed by atoms with E-state index < -0.39 is 18.8 Å². The Balaban J connectivity index is 3.28. The Kier molecular flexibility index (Phi) is 3.49. The second-order valence-electron chi connectivity index (χ2n) is 2.86. The molecule has 1 atom stereocenters. The number of hydrogen-bond donors (Lipinski definition) is 0. The SMILES string of the molecule is CC[Se](=O)c1ccc(C)cc1[N+](=O)[O-]. The van der Waals surface area contributed by atoms with Gasteiger partial charge in [0.2, 0.25) is 0 Å². The summed E-state index contributed by atoms with van der Waals surface area (Å²) in [4.78, 5) is 10.2. The first-order valence-corrected chi connectivity index (χ1v) is 6.96. The fourth-order valence-electron chi connectivity index (χ4n) is 1.12. The van der Waals surface area contributed by atoms with Crippen molar-refractivity contribution in [1.82, 2.24) is 0 Å². The molecule has 0 saturated carbocycles. The first kappa shape index (κ1) is 11.0. The molecule has 76 valence electrons. The fraction of sp³-hybridized carbons (Fsp3) is 0.333. The molecule has 1 rings (SSSR count). The Morgan fingerprint density at radius 2 is 2.14 bits per heavy atom. The number of hydrogen-bond acceptors (Lipinski definition) is 3. The molecule has 0 amide bonds. The van der Waals surface area contributed by atoms with E-state index in [0.717, 1.165) is 5.56 Å². The fourth-order valence-corrected chi connectivity index (χ4v) is 3.00. The van der Waals surface area contributed by atoms with E-state index in [1.807, 2.05) is 0 Å². The van der Waals surface area contributed by atoms with E-state index in [2.05, 4.69) is 0 Å². The van der Waals surface area contributed by atoms with Crippen LogP contribution in [0.5, 0.6) is 0 Å². The van der Waals surface area contributed by atoms with Gasteiger partial charge in [0.1, 0.15) is 0 Å². The van der Waals surface area contributed by atoms with Crippen LogP contribution >= 0.6 is 0 Å². The number of nitro groups is 1. The summed E-state index contributed by atoms with van der Waals surface area (Å²) in [6.45, 7) is 3.56. The predicted molar refractivity (Wildman–Crippen MR) is 54.4 cm³/mol. The average molecular weight is 260 g/mol. The Labute approximate surface area is 86.2 Å². The van der Waals surface area contributed by atoms with Crippen molar-refractivity contribution in [2.45, 2.75) is 19.2 Å². The summed E-state index contributed by atoms with van der Waals surface area (Å²) >= 11 is -2.21. The maximum absolute atomic E-state index is 11.6. The number of nitrogens with zero attached hydrogens (tertiary/aromatic N) is 1. The first-order valence-electron chi connectivity index (χ1n) is 4.19. The molecule has 1 aromatic rings. The third kappa shape index (κ3) is 2.25. The summed E-state index contributed by atoms with van der Waals surface area (Å²) < 4.78 is 12.0. The summed E-state index contributed by atoms with van der Waals surface area (Å²) in [5, 5.41) is 11.2. The molecular formula is C9H11NO3Se. The van der Waals surface area contributed by atoms with Gasteiger partial charge in [-0.2, -0.15) is 0 Å². The van der Waals surface area contributed by atoms with E-state index in [1.165, 1.54) is 6.07 Å². The Morgan fingerprint density at radius 3 is 2.64 bits per heavy atom. The predicted octanol–water partition coefficient (Wildman–Crippen LogP) is 1.55. The van der Waals surface area contributed by atoms with Gasteiger partial charge < -0.3 is 0 Å². The standard InChI is InChI=1S/C9H11NO3Se/c1-3-14(13)9-5-4-7(2)6-8(9)10(11)12/h4-6H,3H2,1-2H3. The van der Waals surface area contributed by atoms with Gasteiger partial charge in [0.05, 0.1) is 0 Å². The molecule has 0 heterocycles. The Bertz CT molecular complexity index is 390. The normalized spacial score (nSPS) is 12.4. The number of rotatable bonds is 3. The molecular weight excluding hydrogens is 249 g/mol. The number of benzene rings is 1. The van der Waals surface area contributed by atoms with Crippen molar-refractivity contribution in [3.63, 3.8) is 0 Å². The van der Waals surface area contributed by atoms with E-state index in [4.69, 9.17) is 0 Å². The molecule has 0 aliphatic rings. The van der Waals surface area contributed by atoms with Crippen molar-refractivity contribution in [2.24, 2.45) is 0 Å². The van der Waals surface area contributed by atoms with E-state index in [-0.39, 0.29) is 5.69 Å². The number of aryl methyl sites for hydroxylation is 1. The van der Waals surface area contributed by atoms with Gasteiger partial charge in [-0.05, 0) is 0 Å². The van der Waals surface area contributed by atoms with Crippen LogP contribution in [-0.2, 0) is 3.83 Å². The van der Waals surface area contributed by atoms with Crippen molar-refractivity contribution in [2.75, 3.05) is 0 Å². The molecule has 5 heteroatoms. The van der Waals surface area contributed by atoms with Gasteiger partial charge in [0.15, 0.2) is 0 Å². The Hall–Kier alpha value is -1.06. The van der Waals surface area contributed by atoms with Crippen molar-refractivity contribution in [3.8, 4) is 0 Å². The molecule has 0 aliphatic carbocycles. The zero-order valence-corrected chi connectivity index (χ0v) is 9.73. The molecule has 0 aliphatic heterocycles. The second-order valence-corrected chi connectivity index (χ2v) is 6.45. The molecule has 0 saturated heterocycles. The summed E-state index contributed by atoms with van der Waals surface area (Å²) in [7, 11) is 0. The summed E-state index contributed by atoms with van der Waals surface area (Å²) in [5.74, 6) is 0. The molecule has 14 heavy (non-hydrogen) atoms. The molecule has 0 aromatic heterocycles. The molecule has 1 aromatic carbocycles. The van der Waals surface area contributed by atoms with Gasteiger partial charge in [-0.15, -0.1) is 0 Å². The van der Waals surface area contributed by atoms with E-state index >= 15 is 0 Å². The zero-order chi connectivity index (χ0) is 10.7. The van der Waals surface area contributed by atoms with Gasteiger partial charge in [-0.1, -0.05) is 0 Å². The van der Waals surface area contributed by atoms with Crippen LogP contribution in [0.3, 0.4) is 0 Å². The molecule has 0 bridgehead atoms. The van der Waals surface area contributed by atoms with Crippen LogP contribution in [0.4, 0.5) is 5.69 Å². The van der Waals surface area contributed by atoms with Crippen LogP contribution in [0.15, 0.2) is 18.2 Å². The molecule has 0 fully saturated rings. The van der Waals surface area contributed by atoms with Crippen molar-refractivity contribution < 1.29 is 8.76 Å². The zero-order valence-electron chi connectivity index (χ0n) is 8.02. The topological polar surface area (TPSA) is 60.2 Å². The first-order chi connectivity index (χ1) is 6.56. The van der Waals surface area contributed by atoms with Gasteiger partial charge in [0, 0.05) is 0 Å². The van der Waals surface area contributed by atoms with Crippen LogP contribution in [0.25, 0.3) is 0 Å². The Morgan fingerprint density at radius 1 is 1.50 bits per heavy atom. The maximum atomic E-state index is 11.6. The van der Waals surface area contributed by atoms with Crippen molar-refractivity contribution in [1.29, 1.82) is 0 Å². The van der Waals surface area contributed by atoms with Crippen LogP contribution in [0.1, 0.15) is 12.5 Å². The van der Waals surface area contributed by atoms with Gasteiger partial charge in [-0.25, -0.2) is 0 Å². The average Bonchev–Trinajstić information content (AvgIpc) is 2.16. The van der Waals surface area contributed by atoms with E-state index in [9.17, 15) is 13.9 Å². The van der Waals surface area contributed by atoms with Crippen LogP contribution in [0, 0.1) is 17.0 Å². The van der Waals surface area contributed by atoms with Crippen molar-refractivity contribution >= 4 is 24.0 Å². The third-order valence-corrected chi connectivity index (χ3v) is 4.67. The van der Waals surface area contributed by atoms with E-state index in [1.54, 1.807) is 26.0 Å². The molecule has 4 nitrogen and oxygen atoms in total. The second kappa shape index (κ2) is 4.44. The molecule has 0 N–H and O–H groups in total. The van der Waals surface area contributed by atoms with Gasteiger partial charge in [0.25, 0.3) is 0 Å². The third-order valence-electron chi connectivity index (χ3n) is 1.82. The minimum absolute atomic E-state index is 0.00755. The van der Waals surface area contributed by atoms with Crippen LogP contribution < -0.4 is 4.46 Å². The number of nitro benzene ring substituents is 1. The summed E-state index contributed by atoms with van der Waals surface area (Å²) in [5.41, 5.74) is 0.808. The molecule has 0 radical (unpaired) electrons. The van der Waals surface area contributed by atoms with E-state index in [0.29, 0.717) is 9.78 Å². The molecule has 1 unspecified atom stereocenters. The molecule has 0 spiro atoms. The van der Waals surface area contributed by atoms with Crippen LogP contribution in [-0.4, -0.2) is 18.8 Å². The van der Waals surface area contributed by atoms with Gasteiger partial charge >= 0.3 is 85.8 Å². The van der Waals surface area contributed by atoms with Crippen LogP contribution in [0.2, 0.25) is 5.32 Å². The van der Waals surface area contributed by atoms with Gasteiger partial charge in [-0.3, -0.25) is 0 Å². The minimum atomic E-state index is -2.21. The summed E-state index contributed by atoms with van der Waals surface area (Å²) in [6.07, 6.45) is 0. The monoisotopic (exact) mass is 261 g/mol.